The van der Waals surface area contributed by atoms with Gasteiger partial charge in [0.15, 0.2) is 11.5 Å². The molecule has 6 heteroatoms. The highest BCUT2D eigenvalue weighted by Crippen LogP contribution is 2.16. The number of carbonyl (C=O) groups is 1. The lowest BCUT2D eigenvalue weighted by atomic mass is 10.2. The Kier molecular flexibility index (Phi) is 2.51. The molecule has 0 saturated carbocycles. The first-order valence-electron chi connectivity index (χ1n) is 4.69. The van der Waals surface area contributed by atoms with Gasteiger partial charge >= 0.3 is 0 Å². The van der Waals surface area contributed by atoms with E-state index in [0.717, 1.165) is 0 Å². The minimum atomic E-state index is -0.273. The number of hydrogen-bond acceptors (Lipinski definition) is 5. The second kappa shape index (κ2) is 3.82. The molecule has 0 unspecified atom stereocenters. The van der Waals surface area contributed by atoms with Crippen LogP contribution in [-0.4, -0.2) is 47.5 Å². The predicted molar refractivity (Wildman–Crippen MR) is 53.6 cm³/mol. The van der Waals surface area contributed by atoms with Crippen molar-refractivity contribution in [1.82, 2.24) is 15.5 Å². The summed E-state index contributed by atoms with van der Waals surface area (Å²) in [5.41, 5.74) is 0.294. The molecular weight excluding hydrogens is 196 g/mol. The van der Waals surface area contributed by atoms with E-state index in [4.69, 9.17) is 5.11 Å². The monoisotopic (exact) mass is 208 g/mol. The van der Waals surface area contributed by atoms with E-state index < -0.39 is 0 Å². The van der Waals surface area contributed by atoms with Crippen LogP contribution in [0.2, 0.25) is 0 Å². The molecule has 80 valence electrons. The lowest BCUT2D eigenvalue weighted by molar-refractivity contribution is 0.0957. The summed E-state index contributed by atoms with van der Waals surface area (Å²) in [5, 5.41) is 19.3. The smallest absolute Gasteiger partial charge is 0.271 e. The Morgan fingerprint density at radius 1 is 1.53 bits per heavy atom. The van der Waals surface area contributed by atoms with Gasteiger partial charge < -0.3 is 15.3 Å². The molecule has 0 bridgehead atoms. The quantitative estimate of drug-likeness (QED) is 0.653. The minimum absolute atomic E-state index is 0.252. The molecule has 2 N–H and O–H groups in total. The van der Waals surface area contributed by atoms with Gasteiger partial charge in [-0.2, -0.15) is 0 Å². The van der Waals surface area contributed by atoms with Crippen LogP contribution in [0.1, 0.15) is 10.5 Å². The van der Waals surface area contributed by atoms with Crippen LogP contribution in [-0.2, 0) is 0 Å². The predicted octanol–water partition coefficient (Wildman–Crippen LogP) is -0.983. The van der Waals surface area contributed by atoms with Crippen LogP contribution in [0.5, 0.6) is 0 Å². The number of carbonyl (C=O) groups excluding carboxylic acids is 1. The highest BCUT2D eigenvalue weighted by molar-refractivity contribution is 5.91. The van der Waals surface area contributed by atoms with Crippen LogP contribution < -0.4 is 10.2 Å². The maximum Gasteiger partial charge on any atom is 0.271 e. The highest BCUT2D eigenvalue weighted by Gasteiger charge is 2.25. The summed E-state index contributed by atoms with van der Waals surface area (Å²) in [6.07, 6.45) is -0.273. The summed E-state index contributed by atoms with van der Waals surface area (Å²) in [7, 11) is 1.55. The zero-order valence-corrected chi connectivity index (χ0v) is 8.34. The van der Waals surface area contributed by atoms with Gasteiger partial charge in [0.05, 0.1) is 6.10 Å². The van der Waals surface area contributed by atoms with E-state index in [1.54, 1.807) is 19.2 Å². The molecule has 0 aromatic carbocycles. The maximum atomic E-state index is 11.2. The molecule has 1 aromatic rings. The van der Waals surface area contributed by atoms with E-state index in [-0.39, 0.29) is 12.0 Å². The van der Waals surface area contributed by atoms with Crippen molar-refractivity contribution >= 4 is 11.7 Å². The molecule has 1 amide bonds. The molecule has 6 nitrogen and oxygen atoms in total. The van der Waals surface area contributed by atoms with Gasteiger partial charge in [-0.25, -0.2) is 0 Å². The molecule has 0 spiro atoms. The minimum Gasteiger partial charge on any atom is -0.389 e. The van der Waals surface area contributed by atoms with Gasteiger partial charge in [-0.3, -0.25) is 4.79 Å². The molecule has 1 fully saturated rings. The third-order valence-corrected chi connectivity index (χ3v) is 2.30. The molecule has 15 heavy (non-hydrogen) atoms. The molecule has 2 rings (SSSR count). The van der Waals surface area contributed by atoms with Crippen LogP contribution in [0.15, 0.2) is 12.1 Å². The zero-order chi connectivity index (χ0) is 10.8. The number of β-amino-alcohol motifs (C(OH)–C–C–N with tert-alkyl or cyclic N) is 1. The Labute approximate surface area is 86.9 Å². The number of hydrogen-bond donors (Lipinski definition) is 2. The topological polar surface area (TPSA) is 78.4 Å². The van der Waals surface area contributed by atoms with Gasteiger partial charge in [0, 0.05) is 20.1 Å². The van der Waals surface area contributed by atoms with Gasteiger partial charge in [0.2, 0.25) is 0 Å². The summed E-state index contributed by atoms with van der Waals surface area (Å²) in [4.78, 5) is 13.1. The molecule has 1 saturated heterocycles. The Balaban J connectivity index is 2.07. The fourth-order valence-corrected chi connectivity index (χ4v) is 1.39. The highest BCUT2D eigenvalue weighted by atomic mass is 16.3. The Hall–Kier alpha value is -1.69. The first kappa shape index (κ1) is 9.85. The molecule has 0 radical (unpaired) electrons. The van der Waals surface area contributed by atoms with E-state index in [0.29, 0.717) is 24.6 Å². The summed E-state index contributed by atoms with van der Waals surface area (Å²) < 4.78 is 0. The second-order valence-corrected chi connectivity index (χ2v) is 3.41. The summed E-state index contributed by atoms with van der Waals surface area (Å²) in [6.45, 7) is 1.15. The number of amides is 1. The lowest BCUT2D eigenvalue weighted by Gasteiger charge is -2.36. The zero-order valence-electron chi connectivity index (χ0n) is 8.34. The Morgan fingerprint density at radius 2 is 2.27 bits per heavy atom. The lowest BCUT2D eigenvalue weighted by Crippen LogP contribution is -2.51. The van der Waals surface area contributed by atoms with Crippen molar-refractivity contribution in [1.29, 1.82) is 0 Å². The van der Waals surface area contributed by atoms with Crippen LogP contribution in [0.25, 0.3) is 0 Å². The number of nitrogens with zero attached hydrogens (tertiary/aromatic N) is 3. The number of anilines is 1. The number of rotatable bonds is 2. The number of aliphatic hydroxyl groups excluding tert-OH is 1. The van der Waals surface area contributed by atoms with Crippen LogP contribution >= 0.6 is 0 Å². The third-order valence-electron chi connectivity index (χ3n) is 2.30. The Bertz CT molecular complexity index is 359. The SMILES string of the molecule is CNC(=O)c1ccc(N2CC(O)C2)nn1. The van der Waals surface area contributed by atoms with E-state index in [1.807, 2.05) is 4.90 Å². The van der Waals surface area contributed by atoms with Gasteiger partial charge in [0.25, 0.3) is 5.91 Å². The maximum absolute atomic E-state index is 11.2. The largest absolute Gasteiger partial charge is 0.389 e. The van der Waals surface area contributed by atoms with Crippen molar-refractivity contribution in [2.24, 2.45) is 0 Å². The van der Waals surface area contributed by atoms with Crippen molar-refractivity contribution in [3.63, 3.8) is 0 Å². The van der Waals surface area contributed by atoms with Crippen LogP contribution in [0.3, 0.4) is 0 Å². The molecule has 0 aliphatic carbocycles. The molecule has 1 aliphatic heterocycles. The molecule has 1 aliphatic rings. The fourth-order valence-electron chi connectivity index (χ4n) is 1.39. The molecule has 1 aromatic heterocycles. The second-order valence-electron chi connectivity index (χ2n) is 3.41. The van der Waals surface area contributed by atoms with Gasteiger partial charge in [-0.15, -0.1) is 10.2 Å². The van der Waals surface area contributed by atoms with Crippen molar-refractivity contribution in [2.45, 2.75) is 6.10 Å². The Morgan fingerprint density at radius 3 is 2.73 bits per heavy atom. The normalized spacial score (nSPS) is 16.0. The van der Waals surface area contributed by atoms with Crippen molar-refractivity contribution in [2.75, 3.05) is 25.0 Å². The molecule has 0 atom stereocenters. The number of aromatic nitrogens is 2. The summed E-state index contributed by atoms with van der Waals surface area (Å²) in [6, 6.07) is 3.34. The van der Waals surface area contributed by atoms with Gasteiger partial charge in [-0.05, 0) is 12.1 Å². The first-order valence-corrected chi connectivity index (χ1v) is 4.69. The van der Waals surface area contributed by atoms with Crippen molar-refractivity contribution in [3.05, 3.63) is 17.8 Å². The van der Waals surface area contributed by atoms with Crippen molar-refractivity contribution < 1.29 is 9.90 Å². The van der Waals surface area contributed by atoms with Crippen LogP contribution in [0, 0.1) is 0 Å². The van der Waals surface area contributed by atoms with Crippen LogP contribution in [0.4, 0.5) is 5.82 Å². The number of nitrogens with one attached hydrogen (secondary N) is 1. The van der Waals surface area contributed by atoms with Gasteiger partial charge in [0.1, 0.15) is 0 Å². The summed E-state index contributed by atoms with van der Waals surface area (Å²) in [5.74, 6) is 0.436. The first-order chi connectivity index (χ1) is 7.20. The number of aliphatic hydroxyl groups is 1. The van der Waals surface area contributed by atoms with E-state index >= 15 is 0 Å². The van der Waals surface area contributed by atoms with E-state index in [2.05, 4.69) is 15.5 Å². The average molecular weight is 208 g/mol. The fraction of sp³-hybridized carbons (Fsp3) is 0.444. The summed E-state index contributed by atoms with van der Waals surface area (Å²) >= 11 is 0. The average Bonchev–Trinajstić information content (AvgIpc) is 2.24. The van der Waals surface area contributed by atoms with E-state index in [1.165, 1.54) is 0 Å². The van der Waals surface area contributed by atoms with Gasteiger partial charge in [-0.1, -0.05) is 0 Å². The van der Waals surface area contributed by atoms with Crippen molar-refractivity contribution in [3.8, 4) is 0 Å². The molecule has 2 heterocycles. The third kappa shape index (κ3) is 1.89. The van der Waals surface area contributed by atoms with E-state index in [9.17, 15) is 4.79 Å². The molecular formula is C9H12N4O2. The standard InChI is InChI=1S/C9H12N4O2/c1-10-9(15)7-2-3-8(12-11-7)13-4-6(14)5-13/h2-3,6,14H,4-5H2,1H3,(H,10,15).